The fourth-order valence-electron chi connectivity index (χ4n) is 2.11. The number of hydrogen-bond donors (Lipinski definition) is 1. The molecule has 1 saturated heterocycles. The molecule has 0 unspecified atom stereocenters. The van der Waals surface area contributed by atoms with Gasteiger partial charge in [-0.2, -0.15) is 5.10 Å². The van der Waals surface area contributed by atoms with Crippen molar-refractivity contribution in [2.45, 2.75) is 11.3 Å². The van der Waals surface area contributed by atoms with Gasteiger partial charge in [0.05, 0.1) is 23.8 Å². The van der Waals surface area contributed by atoms with Gasteiger partial charge in [0, 0.05) is 5.25 Å². The van der Waals surface area contributed by atoms with Crippen LogP contribution in [0.3, 0.4) is 0 Å². The van der Waals surface area contributed by atoms with Crippen molar-refractivity contribution in [2.24, 2.45) is 10.1 Å². The number of nitrogens with zero attached hydrogens (tertiary/aromatic N) is 2. The number of amidine groups is 1. The summed E-state index contributed by atoms with van der Waals surface area (Å²) < 4.78 is 22.8. The number of hydrazone groups is 1. The van der Waals surface area contributed by atoms with Gasteiger partial charge in [-0.25, -0.2) is 8.42 Å². The fraction of sp³-hybridized carbons (Fsp3) is 0.333. The third-order valence-corrected chi connectivity index (χ3v) is 6.12. The van der Waals surface area contributed by atoms with Gasteiger partial charge < -0.3 is 0 Å². The summed E-state index contributed by atoms with van der Waals surface area (Å²) in [6.07, 6.45) is 1.72. The Morgan fingerprint density at radius 3 is 2.84 bits per heavy atom. The van der Waals surface area contributed by atoms with Gasteiger partial charge in [-0.05, 0) is 5.56 Å². The molecule has 0 bridgehead atoms. The van der Waals surface area contributed by atoms with Crippen LogP contribution in [0.15, 0.2) is 40.4 Å². The Morgan fingerprint density at radius 2 is 2.11 bits per heavy atom. The van der Waals surface area contributed by atoms with Crippen molar-refractivity contribution in [3.8, 4) is 0 Å². The lowest BCUT2D eigenvalue weighted by atomic mass is 10.2. The molecule has 2 aliphatic rings. The summed E-state index contributed by atoms with van der Waals surface area (Å²) in [5.41, 5.74) is 3.87. The number of rotatable bonds is 2. The zero-order valence-corrected chi connectivity index (χ0v) is 11.7. The van der Waals surface area contributed by atoms with E-state index in [-0.39, 0.29) is 22.8 Å². The fourth-order valence-corrected chi connectivity index (χ4v) is 5.72. The molecule has 0 radical (unpaired) electrons. The average Bonchev–Trinajstić information content (AvgIpc) is 2.83. The molecule has 2 aliphatic heterocycles. The largest absolute Gasteiger partial charge is 0.256 e. The Balaban J connectivity index is 1.60. The second-order valence-corrected chi connectivity index (χ2v) is 7.90. The third kappa shape index (κ3) is 2.98. The van der Waals surface area contributed by atoms with E-state index < -0.39 is 9.84 Å². The topological polar surface area (TPSA) is 70.9 Å². The van der Waals surface area contributed by atoms with Crippen LogP contribution in [0.25, 0.3) is 0 Å². The van der Waals surface area contributed by atoms with Crippen molar-refractivity contribution in [1.82, 2.24) is 5.43 Å². The third-order valence-electron chi connectivity index (χ3n) is 2.99. The second kappa shape index (κ2) is 4.97. The lowest BCUT2D eigenvalue weighted by Crippen LogP contribution is -2.15. The molecule has 0 aliphatic carbocycles. The average molecular weight is 295 g/mol. The number of hydrogen-bond acceptors (Lipinski definition) is 6. The molecule has 0 saturated carbocycles. The Hall–Kier alpha value is -1.34. The summed E-state index contributed by atoms with van der Waals surface area (Å²) in [7, 11) is -2.89. The molecule has 0 aromatic heterocycles. The van der Waals surface area contributed by atoms with Gasteiger partial charge in [-0.3, -0.25) is 10.4 Å². The van der Waals surface area contributed by atoms with Crippen molar-refractivity contribution < 1.29 is 8.42 Å². The summed E-state index contributed by atoms with van der Waals surface area (Å²) in [5.74, 6) is 0.387. The van der Waals surface area contributed by atoms with Crippen LogP contribution in [0.5, 0.6) is 0 Å². The van der Waals surface area contributed by atoms with Gasteiger partial charge in [0.1, 0.15) is 0 Å². The highest BCUT2D eigenvalue weighted by Crippen LogP contribution is 2.33. The minimum absolute atomic E-state index is 0.0550. The lowest BCUT2D eigenvalue weighted by molar-refractivity contribution is 0.601. The molecule has 0 spiro atoms. The van der Waals surface area contributed by atoms with Crippen LogP contribution in [-0.2, 0) is 9.84 Å². The van der Waals surface area contributed by atoms with Crippen LogP contribution >= 0.6 is 11.8 Å². The van der Waals surface area contributed by atoms with Gasteiger partial charge in [0.2, 0.25) is 0 Å². The molecule has 1 aromatic carbocycles. The molecular formula is C12H13N3O2S2. The van der Waals surface area contributed by atoms with Gasteiger partial charge in [-0.15, -0.1) is 0 Å². The first kappa shape index (κ1) is 12.7. The molecule has 1 fully saturated rings. The van der Waals surface area contributed by atoms with E-state index in [2.05, 4.69) is 15.5 Å². The van der Waals surface area contributed by atoms with Crippen LogP contribution in [0.2, 0.25) is 0 Å². The molecule has 19 heavy (non-hydrogen) atoms. The maximum Gasteiger partial charge on any atom is 0.177 e. The molecule has 1 N–H and O–H groups in total. The zero-order chi connectivity index (χ0) is 13.3. The predicted molar refractivity (Wildman–Crippen MR) is 78.4 cm³/mol. The van der Waals surface area contributed by atoms with Crippen molar-refractivity contribution >= 4 is 33.0 Å². The van der Waals surface area contributed by atoms with E-state index in [9.17, 15) is 8.42 Å². The molecule has 5 nitrogen and oxygen atoms in total. The first-order valence-electron chi connectivity index (χ1n) is 5.91. The summed E-state index contributed by atoms with van der Waals surface area (Å²) in [5, 5.41) is 4.87. The number of benzene rings is 1. The van der Waals surface area contributed by atoms with Crippen LogP contribution in [0.1, 0.15) is 5.56 Å². The van der Waals surface area contributed by atoms with Crippen LogP contribution in [0, 0.1) is 0 Å². The SMILES string of the molecule is O=S1(=O)C[C@@H]2N=C(NN=Cc3ccccc3)S[C@H]2C1. The van der Waals surface area contributed by atoms with Gasteiger partial charge in [0.25, 0.3) is 0 Å². The van der Waals surface area contributed by atoms with Crippen molar-refractivity contribution in [2.75, 3.05) is 11.5 Å². The first-order chi connectivity index (χ1) is 9.12. The van der Waals surface area contributed by atoms with Crippen LogP contribution in [0.4, 0.5) is 0 Å². The maximum atomic E-state index is 11.4. The van der Waals surface area contributed by atoms with E-state index in [1.165, 1.54) is 11.8 Å². The van der Waals surface area contributed by atoms with E-state index in [4.69, 9.17) is 0 Å². The van der Waals surface area contributed by atoms with E-state index in [1.54, 1.807) is 6.21 Å². The highest BCUT2D eigenvalue weighted by Gasteiger charge is 2.42. The molecule has 2 atom stereocenters. The maximum absolute atomic E-state index is 11.4. The molecular weight excluding hydrogens is 282 g/mol. The quantitative estimate of drug-likeness (QED) is 0.649. The lowest BCUT2D eigenvalue weighted by Gasteiger charge is -2.01. The molecule has 1 aromatic rings. The Morgan fingerprint density at radius 1 is 1.32 bits per heavy atom. The number of sulfone groups is 1. The minimum atomic E-state index is -2.89. The monoisotopic (exact) mass is 295 g/mol. The molecule has 3 rings (SSSR count). The van der Waals surface area contributed by atoms with Gasteiger partial charge >= 0.3 is 0 Å². The minimum Gasteiger partial charge on any atom is -0.256 e. The summed E-state index contributed by atoms with van der Waals surface area (Å²) in [6, 6.07) is 9.64. The highest BCUT2D eigenvalue weighted by molar-refractivity contribution is 8.15. The molecule has 2 heterocycles. The van der Waals surface area contributed by atoms with Crippen LogP contribution in [-0.4, -0.2) is 42.6 Å². The normalized spacial score (nSPS) is 28.3. The molecule has 100 valence electrons. The standard InChI is InChI=1S/C12H13N3O2S2/c16-19(17)7-10-11(8-19)18-12(14-10)15-13-6-9-4-2-1-3-5-9/h1-6,10-11H,7-8H2,(H,14,15)/t10-,11-/m0/s1. The Kier molecular flexibility index (Phi) is 3.32. The van der Waals surface area contributed by atoms with E-state index in [1.807, 2.05) is 30.3 Å². The van der Waals surface area contributed by atoms with Crippen LogP contribution < -0.4 is 5.43 Å². The number of thioether (sulfide) groups is 1. The first-order valence-corrected chi connectivity index (χ1v) is 8.61. The van der Waals surface area contributed by atoms with E-state index >= 15 is 0 Å². The van der Waals surface area contributed by atoms with Crippen molar-refractivity contribution in [3.63, 3.8) is 0 Å². The number of nitrogens with one attached hydrogen (secondary N) is 1. The molecule has 7 heteroatoms. The van der Waals surface area contributed by atoms with Gasteiger partial charge in [-0.1, -0.05) is 42.1 Å². The number of fused-ring (bicyclic) bond motifs is 1. The zero-order valence-electron chi connectivity index (χ0n) is 10.1. The second-order valence-electron chi connectivity index (χ2n) is 4.52. The highest BCUT2D eigenvalue weighted by atomic mass is 32.2. The van der Waals surface area contributed by atoms with Crippen molar-refractivity contribution in [3.05, 3.63) is 35.9 Å². The van der Waals surface area contributed by atoms with Crippen molar-refractivity contribution in [1.29, 1.82) is 0 Å². The Bertz CT molecular complexity index is 626. The number of aliphatic imine (C=N–C) groups is 1. The smallest absolute Gasteiger partial charge is 0.177 e. The summed E-state index contributed by atoms with van der Waals surface area (Å²) >= 11 is 1.46. The summed E-state index contributed by atoms with van der Waals surface area (Å²) in [4.78, 5) is 4.35. The molecule has 0 amide bonds. The Labute approximate surface area is 116 Å². The summed E-state index contributed by atoms with van der Waals surface area (Å²) in [6.45, 7) is 0. The van der Waals surface area contributed by atoms with E-state index in [0.717, 1.165) is 5.56 Å². The predicted octanol–water partition coefficient (Wildman–Crippen LogP) is 0.878. The van der Waals surface area contributed by atoms with E-state index in [0.29, 0.717) is 5.17 Å². The van der Waals surface area contributed by atoms with Gasteiger partial charge in [0.15, 0.2) is 15.0 Å².